The molecular weight excluding hydrogens is 419 g/mol. The molecule has 1 fully saturated rings. The predicted octanol–water partition coefficient (Wildman–Crippen LogP) is 4.07. The molecule has 1 saturated heterocycles. The average Bonchev–Trinajstić information content (AvgIpc) is 3.04. The van der Waals surface area contributed by atoms with E-state index in [1.165, 1.54) is 60.7 Å². The molecule has 160 valence electrons. The third-order valence-corrected chi connectivity index (χ3v) is 5.12. The van der Waals surface area contributed by atoms with E-state index in [2.05, 4.69) is 0 Å². The van der Waals surface area contributed by atoms with Crippen molar-refractivity contribution < 1.29 is 29.1 Å². The number of aromatic hydroxyl groups is 1. The molecule has 4 rings (SSSR count). The average molecular weight is 434 g/mol. The highest BCUT2D eigenvalue weighted by Gasteiger charge is 2.48. The summed E-state index contributed by atoms with van der Waals surface area (Å²) in [6, 6.07) is 14.6. The third kappa shape index (κ3) is 3.35. The fraction of sp³-hybridized carbons (Fsp3) is 0.0435. The molecule has 0 spiro atoms. The smallest absolute Gasteiger partial charge is 0.300 e. The first-order valence-electron chi connectivity index (χ1n) is 9.39. The van der Waals surface area contributed by atoms with E-state index in [-0.39, 0.29) is 28.3 Å². The van der Waals surface area contributed by atoms with Crippen LogP contribution in [0.1, 0.15) is 17.2 Å². The molecule has 0 saturated carbocycles. The lowest BCUT2D eigenvalue weighted by atomic mass is 9.94. The summed E-state index contributed by atoms with van der Waals surface area (Å²) in [5.74, 6) is -3.98. The Labute approximate surface area is 180 Å². The van der Waals surface area contributed by atoms with Gasteiger partial charge in [-0.2, -0.15) is 0 Å². The Morgan fingerprint density at radius 3 is 2.38 bits per heavy atom. The highest BCUT2D eigenvalue weighted by atomic mass is 19.1. The van der Waals surface area contributed by atoms with E-state index in [0.717, 1.165) is 17.0 Å². The number of carbonyl (C=O) groups excluding carboxylic acids is 2. The second-order valence-corrected chi connectivity index (χ2v) is 6.99. The van der Waals surface area contributed by atoms with Crippen molar-refractivity contribution in [1.29, 1.82) is 0 Å². The molecule has 0 radical (unpaired) electrons. The van der Waals surface area contributed by atoms with E-state index in [9.17, 15) is 34.3 Å². The molecule has 0 aliphatic carbocycles. The molecule has 1 aliphatic heterocycles. The van der Waals surface area contributed by atoms with Crippen molar-refractivity contribution in [1.82, 2.24) is 0 Å². The molecule has 1 heterocycles. The van der Waals surface area contributed by atoms with Gasteiger partial charge in [0.2, 0.25) is 0 Å². The number of halogens is 1. The number of rotatable bonds is 4. The number of aliphatic hydroxyl groups excluding tert-OH is 1. The second-order valence-electron chi connectivity index (χ2n) is 6.99. The Balaban J connectivity index is 2.00. The summed E-state index contributed by atoms with van der Waals surface area (Å²) >= 11 is 0. The summed E-state index contributed by atoms with van der Waals surface area (Å²) in [5.41, 5.74) is -1.03. The van der Waals surface area contributed by atoms with Crippen molar-refractivity contribution >= 4 is 28.8 Å². The molecular formula is C23H15FN2O6. The van der Waals surface area contributed by atoms with Gasteiger partial charge < -0.3 is 10.2 Å². The highest BCUT2D eigenvalue weighted by Crippen LogP contribution is 2.45. The number of Topliss-reactive ketones (excluding diaryl/α,β-unsaturated/α-hetero) is 1. The van der Waals surface area contributed by atoms with Crippen LogP contribution in [0.4, 0.5) is 15.8 Å². The van der Waals surface area contributed by atoms with Gasteiger partial charge in [-0.25, -0.2) is 4.39 Å². The first-order valence-corrected chi connectivity index (χ1v) is 9.39. The SMILES string of the molecule is O=C1C(=O)N(c2ccccc2O)C(c2ccccc2F)/C1=C(\O)c1cccc([N+](=O)[O-])c1. The van der Waals surface area contributed by atoms with E-state index in [0.29, 0.717) is 0 Å². The van der Waals surface area contributed by atoms with Crippen molar-refractivity contribution in [3.8, 4) is 5.75 Å². The standard InChI is InChI=1S/C23H15FN2O6/c24-16-9-2-1-8-15(16)20-19(21(28)13-6-5-7-14(12-13)26(31)32)22(29)23(30)25(20)17-10-3-4-11-18(17)27/h1-12,20,27-28H/b21-19+. The number of amides is 1. The summed E-state index contributed by atoms with van der Waals surface area (Å²) in [6.07, 6.45) is 0. The Morgan fingerprint density at radius 1 is 1.00 bits per heavy atom. The largest absolute Gasteiger partial charge is 0.507 e. The Hall–Kier alpha value is -4.53. The van der Waals surface area contributed by atoms with Gasteiger partial charge in [0.15, 0.2) is 0 Å². The summed E-state index contributed by atoms with van der Waals surface area (Å²) in [4.78, 5) is 37.3. The van der Waals surface area contributed by atoms with Crippen LogP contribution in [0.2, 0.25) is 0 Å². The first kappa shape index (κ1) is 20.7. The molecule has 0 bridgehead atoms. The molecule has 32 heavy (non-hydrogen) atoms. The van der Waals surface area contributed by atoms with Crippen LogP contribution in [0, 0.1) is 15.9 Å². The van der Waals surface area contributed by atoms with Crippen molar-refractivity contribution in [2.24, 2.45) is 0 Å². The minimum atomic E-state index is -1.41. The number of nitro benzene ring substituents is 1. The summed E-state index contributed by atoms with van der Waals surface area (Å²) in [6.45, 7) is 0. The lowest BCUT2D eigenvalue weighted by Crippen LogP contribution is -2.29. The number of hydrogen-bond donors (Lipinski definition) is 2. The number of para-hydroxylation sites is 2. The number of hydrogen-bond acceptors (Lipinski definition) is 6. The van der Waals surface area contributed by atoms with E-state index in [1.54, 1.807) is 0 Å². The van der Waals surface area contributed by atoms with E-state index in [1.807, 2.05) is 0 Å². The minimum absolute atomic E-state index is 0.0547. The van der Waals surface area contributed by atoms with Gasteiger partial charge in [0.05, 0.1) is 22.2 Å². The normalized spacial score (nSPS) is 17.5. The second kappa shape index (κ2) is 7.95. The number of phenols is 1. The minimum Gasteiger partial charge on any atom is -0.507 e. The van der Waals surface area contributed by atoms with Gasteiger partial charge >= 0.3 is 0 Å². The van der Waals surface area contributed by atoms with E-state index < -0.39 is 39.8 Å². The molecule has 1 amide bonds. The van der Waals surface area contributed by atoms with Crippen molar-refractivity contribution in [3.63, 3.8) is 0 Å². The van der Waals surface area contributed by atoms with Crippen LogP contribution in [0.15, 0.2) is 78.4 Å². The Morgan fingerprint density at radius 2 is 1.69 bits per heavy atom. The van der Waals surface area contributed by atoms with Crippen LogP contribution >= 0.6 is 0 Å². The number of benzene rings is 3. The monoisotopic (exact) mass is 434 g/mol. The Bertz CT molecular complexity index is 1300. The fourth-order valence-electron chi connectivity index (χ4n) is 3.66. The fourth-order valence-corrected chi connectivity index (χ4v) is 3.66. The molecule has 1 unspecified atom stereocenters. The highest BCUT2D eigenvalue weighted by molar-refractivity contribution is 6.51. The number of phenolic OH excluding ortho intramolecular Hbond substituents is 1. The molecule has 2 N–H and O–H groups in total. The zero-order chi connectivity index (χ0) is 23.0. The molecule has 3 aromatic rings. The zero-order valence-corrected chi connectivity index (χ0v) is 16.3. The third-order valence-electron chi connectivity index (χ3n) is 5.12. The van der Waals surface area contributed by atoms with Crippen LogP contribution in [-0.4, -0.2) is 26.8 Å². The number of nitrogens with zero attached hydrogens (tertiary/aromatic N) is 2. The van der Waals surface area contributed by atoms with Gasteiger partial charge in [-0.1, -0.05) is 42.5 Å². The summed E-state index contributed by atoms with van der Waals surface area (Å²) in [5, 5.41) is 32.4. The number of anilines is 1. The van der Waals surface area contributed by atoms with Crippen LogP contribution in [0.25, 0.3) is 5.76 Å². The van der Waals surface area contributed by atoms with Gasteiger partial charge in [-0.05, 0) is 18.2 Å². The number of nitro groups is 1. The lowest BCUT2D eigenvalue weighted by Gasteiger charge is -2.26. The van der Waals surface area contributed by atoms with Crippen molar-refractivity contribution in [2.45, 2.75) is 6.04 Å². The van der Waals surface area contributed by atoms with Crippen molar-refractivity contribution in [3.05, 3.63) is 105 Å². The number of aliphatic hydroxyl groups is 1. The van der Waals surface area contributed by atoms with Gasteiger partial charge in [-0.3, -0.25) is 24.6 Å². The summed E-state index contributed by atoms with van der Waals surface area (Å²) in [7, 11) is 0. The van der Waals surface area contributed by atoms with Crippen LogP contribution in [0.5, 0.6) is 5.75 Å². The van der Waals surface area contributed by atoms with Gasteiger partial charge in [0.1, 0.15) is 17.3 Å². The zero-order valence-electron chi connectivity index (χ0n) is 16.3. The molecule has 1 atom stereocenters. The molecule has 0 aromatic heterocycles. The lowest BCUT2D eigenvalue weighted by molar-refractivity contribution is -0.384. The van der Waals surface area contributed by atoms with E-state index in [4.69, 9.17) is 0 Å². The molecule has 8 nitrogen and oxygen atoms in total. The van der Waals surface area contributed by atoms with Crippen LogP contribution < -0.4 is 4.90 Å². The topological polar surface area (TPSA) is 121 Å². The van der Waals surface area contributed by atoms with Crippen molar-refractivity contribution in [2.75, 3.05) is 4.90 Å². The van der Waals surface area contributed by atoms with Gasteiger partial charge in [-0.15, -0.1) is 0 Å². The molecule has 3 aromatic carbocycles. The number of ketones is 1. The van der Waals surface area contributed by atoms with Crippen LogP contribution in [-0.2, 0) is 9.59 Å². The predicted molar refractivity (Wildman–Crippen MR) is 112 cm³/mol. The molecule has 9 heteroatoms. The van der Waals surface area contributed by atoms with E-state index >= 15 is 0 Å². The van der Waals surface area contributed by atoms with Gasteiger partial charge in [0.25, 0.3) is 17.4 Å². The van der Waals surface area contributed by atoms with Gasteiger partial charge in [0, 0.05) is 23.3 Å². The number of carbonyl (C=O) groups is 2. The number of non-ortho nitro benzene ring substituents is 1. The summed E-state index contributed by atoms with van der Waals surface area (Å²) < 4.78 is 14.8. The van der Waals surface area contributed by atoms with Crippen LogP contribution in [0.3, 0.4) is 0 Å². The maximum absolute atomic E-state index is 14.8. The maximum atomic E-state index is 14.8. The first-order chi connectivity index (χ1) is 15.3. The maximum Gasteiger partial charge on any atom is 0.300 e. The Kier molecular flexibility index (Phi) is 5.15. The molecule has 1 aliphatic rings. The quantitative estimate of drug-likeness (QED) is 0.210.